The maximum Gasteiger partial charge on any atom is 0.506 e. The first-order valence-electron chi connectivity index (χ1n) is 3.37. The first kappa shape index (κ1) is 18.2. The standard InChI is InChI=1S/C5H7NO6S.2Na/c6-3-1-2-4(7)11-13(9,10)12-5(3)8;;/h3H,1-2,6H2;;/t3-;;/m0../s1. The van der Waals surface area contributed by atoms with Gasteiger partial charge in [0.05, 0.1) is 0 Å². The van der Waals surface area contributed by atoms with Crippen molar-refractivity contribution >= 4 is 81.5 Å². The van der Waals surface area contributed by atoms with Crippen LogP contribution in [-0.2, 0) is 28.4 Å². The van der Waals surface area contributed by atoms with Crippen LogP contribution in [0.3, 0.4) is 0 Å². The van der Waals surface area contributed by atoms with Crippen molar-refractivity contribution in [3.8, 4) is 0 Å². The van der Waals surface area contributed by atoms with Crippen LogP contribution in [0.5, 0.6) is 0 Å². The minimum absolute atomic E-state index is 0. The molecule has 15 heavy (non-hydrogen) atoms. The molecular weight excluding hydrogens is 248 g/mol. The monoisotopic (exact) mass is 255 g/mol. The van der Waals surface area contributed by atoms with Crippen molar-refractivity contribution in [1.82, 2.24) is 0 Å². The molecule has 10 heteroatoms. The van der Waals surface area contributed by atoms with E-state index in [0.717, 1.165) is 0 Å². The van der Waals surface area contributed by atoms with Gasteiger partial charge in [-0.05, 0) is 6.42 Å². The molecule has 1 aliphatic heterocycles. The molecule has 7 nitrogen and oxygen atoms in total. The normalized spacial score (nSPS) is 24.5. The van der Waals surface area contributed by atoms with Crippen LogP contribution in [-0.4, -0.2) is 85.5 Å². The Balaban J connectivity index is 0. The Kier molecular flexibility index (Phi) is 8.78. The topological polar surface area (TPSA) is 113 Å². The van der Waals surface area contributed by atoms with Crippen molar-refractivity contribution in [2.75, 3.05) is 0 Å². The molecule has 0 aliphatic carbocycles. The molecular formula is C5H7NNa2O6S. The predicted molar refractivity (Wildman–Crippen MR) is 49.8 cm³/mol. The van der Waals surface area contributed by atoms with Gasteiger partial charge in [0.2, 0.25) is 0 Å². The van der Waals surface area contributed by atoms with Crippen LogP contribution < -0.4 is 5.73 Å². The Morgan fingerprint density at radius 3 is 2.27 bits per heavy atom. The van der Waals surface area contributed by atoms with Gasteiger partial charge < -0.3 is 14.1 Å². The first-order valence-corrected chi connectivity index (χ1v) is 4.70. The Hall–Kier alpha value is 0.850. The smallest absolute Gasteiger partial charge is 0.318 e. The molecule has 0 spiro atoms. The molecule has 2 N–H and O–H groups in total. The van der Waals surface area contributed by atoms with E-state index < -0.39 is 28.4 Å². The zero-order chi connectivity index (χ0) is 10.1. The van der Waals surface area contributed by atoms with E-state index in [-0.39, 0.29) is 72.0 Å². The largest absolute Gasteiger partial charge is 0.506 e. The predicted octanol–water partition coefficient (Wildman–Crippen LogP) is -2.32. The molecule has 1 saturated heterocycles. The minimum atomic E-state index is -4.55. The van der Waals surface area contributed by atoms with Gasteiger partial charge in [0, 0.05) is 65.5 Å². The summed E-state index contributed by atoms with van der Waals surface area (Å²) in [5.41, 5.74) is 5.18. The third-order valence-electron chi connectivity index (χ3n) is 1.34. The SMILES string of the molecule is N[C@H]1CCC(=O)OS(=O)(=O)OC1=O.[Na].[Na]. The van der Waals surface area contributed by atoms with Gasteiger partial charge in [-0.1, -0.05) is 0 Å². The van der Waals surface area contributed by atoms with Crippen LogP contribution in [0.4, 0.5) is 0 Å². The Morgan fingerprint density at radius 1 is 1.20 bits per heavy atom. The summed E-state index contributed by atoms with van der Waals surface area (Å²) in [5, 5.41) is 0. The zero-order valence-electron chi connectivity index (χ0n) is 8.43. The van der Waals surface area contributed by atoms with Crippen LogP contribution >= 0.6 is 0 Å². The Labute approximate surface area is 131 Å². The van der Waals surface area contributed by atoms with Gasteiger partial charge in [-0.3, -0.25) is 4.79 Å². The second-order valence-electron chi connectivity index (χ2n) is 2.41. The molecule has 1 fully saturated rings. The molecule has 0 unspecified atom stereocenters. The van der Waals surface area contributed by atoms with Gasteiger partial charge in [-0.25, -0.2) is 4.79 Å². The fraction of sp³-hybridized carbons (Fsp3) is 0.600. The summed E-state index contributed by atoms with van der Waals surface area (Å²) in [6.07, 6.45) is -0.220. The van der Waals surface area contributed by atoms with Gasteiger partial charge >= 0.3 is 22.3 Å². The molecule has 1 aliphatic rings. The van der Waals surface area contributed by atoms with Crippen molar-refractivity contribution in [2.24, 2.45) is 5.73 Å². The maximum atomic E-state index is 10.8. The average Bonchev–Trinajstić information content (AvgIpc) is 1.96. The number of carbonyl (C=O) groups excluding carboxylic acids is 2. The van der Waals surface area contributed by atoms with Gasteiger partial charge in [0.15, 0.2) is 0 Å². The van der Waals surface area contributed by atoms with E-state index in [1.54, 1.807) is 0 Å². The quantitative estimate of drug-likeness (QED) is 0.483. The van der Waals surface area contributed by atoms with Crippen LogP contribution in [0.1, 0.15) is 12.8 Å². The van der Waals surface area contributed by atoms with E-state index in [1.807, 2.05) is 0 Å². The van der Waals surface area contributed by atoms with Gasteiger partial charge in [-0.15, -0.1) is 8.42 Å². The Morgan fingerprint density at radius 2 is 1.73 bits per heavy atom. The summed E-state index contributed by atoms with van der Waals surface area (Å²) < 4.78 is 29.0. The molecule has 2 radical (unpaired) electrons. The number of hydrogen-bond acceptors (Lipinski definition) is 7. The van der Waals surface area contributed by atoms with Gasteiger partial charge in [0.1, 0.15) is 6.04 Å². The van der Waals surface area contributed by atoms with E-state index in [9.17, 15) is 18.0 Å². The third-order valence-corrected chi connectivity index (χ3v) is 2.10. The van der Waals surface area contributed by atoms with Gasteiger partial charge in [-0.2, -0.15) is 0 Å². The molecule has 1 heterocycles. The zero-order valence-corrected chi connectivity index (χ0v) is 13.2. The molecule has 0 amide bonds. The summed E-state index contributed by atoms with van der Waals surface area (Å²) in [6, 6.07) is -1.11. The van der Waals surface area contributed by atoms with Crippen molar-refractivity contribution < 1.29 is 26.4 Å². The van der Waals surface area contributed by atoms with E-state index in [1.165, 1.54) is 0 Å². The summed E-state index contributed by atoms with van der Waals surface area (Å²) >= 11 is 0. The fourth-order valence-electron chi connectivity index (χ4n) is 0.726. The second-order valence-corrected chi connectivity index (χ2v) is 3.56. The number of carbonyl (C=O) groups is 2. The van der Waals surface area contributed by atoms with Crippen LogP contribution in [0.2, 0.25) is 0 Å². The Bertz CT molecular complexity index is 341. The molecule has 0 aromatic carbocycles. The average molecular weight is 255 g/mol. The van der Waals surface area contributed by atoms with E-state index in [2.05, 4.69) is 8.37 Å². The molecule has 0 aromatic heterocycles. The van der Waals surface area contributed by atoms with Crippen molar-refractivity contribution in [3.05, 3.63) is 0 Å². The fourth-order valence-corrected chi connectivity index (χ4v) is 1.40. The van der Waals surface area contributed by atoms with E-state index in [4.69, 9.17) is 5.73 Å². The molecule has 0 saturated carbocycles. The molecule has 1 rings (SSSR count). The molecule has 76 valence electrons. The maximum absolute atomic E-state index is 10.8. The number of rotatable bonds is 0. The van der Waals surface area contributed by atoms with E-state index >= 15 is 0 Å². The minimum Gasteiger partial charge on any atom is -0.318 e. The van der Waals surface area contributed by atoms with Crippen molar-refractivity contribution in [3.63, 3.8) is 0 Å². The second kappa shape index (κ2) is 7.23. The number of nitrogens with two attached hydrogens (primary N) is 1. The van der Waals surface area contributed by atoms with E-state index in [0.29, 0.717) is 0 Å². The summed E-state index contributed by atoms with van der Waals surface area (Å²) in [6.45, 7) is 0. The summed E-state index contributed by atoms with van der Waals surface area (Å²) in [5.74, 6) is -2.10. The van der Waals surface area contributed by atoms with Crippen molar-refractivity contribution in [1.29, 1.82) is 0 Å². The van der Waals surface area contributed by atoms with Crippen molar-refractivity contribution in [2.45, 2.75) is 18.9 Å². The summed E-state index contributed by atoms with van der Waals surface area (Å²) in [4.78, 5) is 21.4. The van der Waals surface area contributed by atoms with Crippen LogP contribution in [0.15, 0.2) is 0 Å². The molecule has 0 aromatic rings. The molecule has 1 atom stereocenters. The third kappa shape index (κ3) is 6.22. The van der Waals surface area contributed by atoms with Crippen LogP contribution in [0, 0.1) is 0 Å². The van der Waals surface area contributed by atoms with Crippen LogP contribution in [0.25, 0.3) is 0 Å². The number of hydrogen-bond donors (Lipinski definition) is 1. The molecule has 0 bridgehead atoms. The van der Waals surface area contributed by atoms with Gasteiger partial charge in [0.25, 0.3) is 0 Å². The summed E-state index contributed by atoms with van der Waals surface area (Å²) in [7, 11) is -4.55. The first-order chi connectivity index (χ1) is 5.91.